The molecule has 0 saturated heterocycles. The number of allylic oxidation sites excluding steroid dienone is 1. The number of phosphoric ester groups is 1. The minimum Gasteiger partial charge on any atom is -0.359 e. The fourth-order valence-electron chi connectivity index (χ4n) is 1.06. The highest BCUT2D eigenvalue weighted by Crippen LogP contribution is 2.33. The zero-order valence-corrected chi connectivity index (χ0v) is 10.6. The quantitative estimate of drug-likeness (QED) is 0.658. The summed E-state index contributed by atoms with van der Waals surface area (Å²) < 4.78 is 13.1. The van der Waals surface area contributed by atoms with E-state index in [-0.39, 0.29) is 0 Å². The lowest BCUT2D eigenvalue weighted by Gasteiger charge is -2.24. The molecule has 1 heterocycles. The molecule has 1 atom stereocenters. The van der Waals surface area contributed by atoms with Crippen LogP contribution in [0.2, 0.25) is 0 Å². The second kappa shape index (κ2) is 5.51. The molecular formula is C8H19N2O4P. The van der Waals surface area contributed by atoms with Crippen LogP contribution in [0.5, 0.6) is 0 Å². The van der Waals surface area contributed by atoms with Crippen molar-refractivity contribution in [1.29, 1.82) is 0 Å². The Balaban J connectivity index is 0.000000288. The molecular weight excluding hydrogens is 219 g/mol. The van der Waals surface area contributed by atoms with Crippen LogP contribution in [0.25, 0.3) is 0 Å². The molecule has 1 aliphatic rings. The van der Waals surface area contributed by atoms with E-state index in [2.05, 4.69) is 48.5 Å². The fraction of sp³-hybridized carbons (Fsp3) is 0.750. The highest BCUT2D eigenvalue weighted by molar-refractivity contribution is 7.46. The maximum absolute atomic E-state index is 9.47. The van der Waals surface area contributed by atoms with Gasteiger partial charge in [0.15, 0.2) is 0 Å². The molecule has 0 aromatic carbocycles. The second-order valence-electron chi connectivity index (χ2n) is 3.35. The molecule has 0 bridgehead atoms. The Bertz CT molecular complexity index is 276. The van der Waals surface area contributed by atoms with Crippen LogP contribution in [0, 0.1) is 0 Å². The Labute approximate surface area is 90.4 Å². The largest absolute Gasteiger partial charge is 0.469 e. The van der Waals surface area contributed by atoms with Gasteiger partial charge in [0.25, 0.3) is 0 Å². The average molecular weight is 238 g/mol. The molecule has 90 valence electrons. The van der Waals surface area contributed by atoms with Crippen molar-refractivity contribution in [2.75, 3.05) is 21.2 Å². The van der Waals surface area contributed by atoms with Crippen molar-refractivity contribution in [3.8, 4) is 0 Å². The van der Waals surface area contributed by atoms with Gasteiger partial charge in [0.2, 0.25) is 0 Å². The standard InChI is InChI=1S/C7H14N2.CH5O4P/c1-6-5-8(3)7(2)9(6)4;1-5-6(2,3)4/h5,7H,1-4H3;1H3,(H2,2,3,4). The van der Waals surface area contributed by atoms with Crippen LogP contribution >= 0.6 is 7.82 Å². The average Bonchev–Trinajstić information content (AvgIpc) is 2.33. The summed E-state index contributed by atoms with van der Waals surface area (Å²) in [5.41, 5.74) is 1.34. The van der Waals surface area contributed by atoms with Crippen molar-refractivity contribution in [3.63, 3.8) is 0 Å². The van der Waals surface area contributed by atoms with Gasteiger partial charge in [-0.3, -0.25) is 4.52 Å². The summed E-state index contributed by atoms with van der Waals surface area (Å²) in [6.45, 7) is 4.31. The Kier molecular flexibility index (Phi) is 5.31. The number of nitrogens with zero attached hydrogens (tertiary/aromatic N) is 2. The fourth-order valence-corrected chi connectivity index (χ4v) is 1.06. The summed E-state index contributed by atoms with van der Waals surface area (Å²) in [4.78, 5) is 19.9. The van der Waals surface area contributed by atoms with Crippen LogP contribution in [0.1, 0.15) is 13.8 Å². The van der Waals surface area contributed by atoms with Crippen molar-refractivity contribution in [2.45, 2.75) is 20.0 Å². The third-order valence-electron chi connectivity index (χ3n) is 2.33. The van der Waals surface area contributed by atoms with E-state index in [0.29, 0.717) is 6.17 Å². The van der Waals surface area contributed by atoms with Crippen LogP contribution < -0.4 is 0 Å². The first-order valence-corrected chi connectivity index (χ1v) is 5.96. The van der Waals surface area contributed by atoms with Crippen LogP contribution in [-0.4, -0.2) is 47.0 Å². The highest BCUT2D eigenvalue weighted by Gasteiger charge is 2.18. The second-order valence-corrected chi connectivity index (χ2v) is 4.70. The highest BCUT2D eigenvalue weighted by atomic mass is 31.2. The van der Waals surface area contributed by atoms with Crippen molar-refractivity contribution in [1.82, 2.24) is 9.80 Å². The molecule has 1 rings (SSSR count). The minimum absolute atomic E-state index is 0.532. The summed E-state index contributed by atoms with van der Waals surface area (Å²) in [5.74, 6) is 0. The van der Waals surface area contributed by atoms with Crippen molar-refractivity contribution in [3.05, 3.63) is 11.9 Å². The van der Waals surface area contributed by atoms with E-state index >= 15 is 0 Å². The SMILES string of the molecule is CC1=CN(C)C(C)N1C.COP(=O)(O)O. The number of hydrogen-bond donors (Lipinski definition) is 2. The normalized spacial score (nSPS) is 21.0. The van der Waals surface area contributed by atoms with Gasteiger partial charge in [-0.25, -0.2) is 4.57 Å². The Morgan fingerprint density at radius 1 is 1.47 bits per heavy atom. The summed E-state index contributed by atoms with van der Waals surface area (Å²) in [6, 6.07) is 0. The Morgan fingerprint density at radius 2 is 1.87 bits per heavy atom. The zero-order valence-electron chi connectivity index (χ0n) is 9.71. The molecule has 2 N–H and O–H groups in total. The molecule has 0 fully saturated rings. The summed E-state index contributed by atoms with van der Waals surface area (Å²) in [7, 11) is 1.00. The molecule has 0 spiro atoms. The van der Waals surface area contributed by atoms with Gasteiger partial charge in [0.05, 0.1) is 6.17 Å². The Morgan fingerprint density at radius 3 is 1.93 bits per heavy atom. The van der Waals surface area contributed by atoms with Gasteiger partial charge in [-0.05, 0) is 13.8 Å². The molecule has 1 unspecified atom stereocenters. The van der Waals surface area contributed by atoms with Gasteiger partial charge in [-0.1, -0.05) is 0 Å². The predicted molar refractivity (Wildman–Crippen MR) is 57.8 cm³/mol. The topological polar surface area (TPSA) is 73.2 Å². The van der Waals surface area contributed by atoms with Crippen molar-refractivity contribution < 1.29 is 18.9 Å². The van der Waals surface area contributed by atoms with E-state index in [4.69, 9.17) is 9.79 Å². The van der Waals surface area contributed by atoms with Crippen molar-refractivity contribution >= 4 is 7.82 Å². The molecule has 0 saturated carbocycles. The summed E-state index contributed by atoms with van der Waals surface area (Å²) in [6.07, 6.45) is 2.69. The van der Waals surface area contributed by atoms with Gasteiger partial charge in [0, 0.05) is 33.1 Å². The third kappa shape index (κ3) is 5.18. The smallest absolute Gasteiger partial charge is 0.359 e. The summed E-state index contributed by atoms with van der Waals surface area (Å²) in [5, 5.41) is 0. The van der Waals surface area contributed by atoms with E-state index in [9.17, 15) is 4.57 Å². The number of phosphoric acid groups is 1. The lowest BCUT2D eigenvalue weighted by Crippen LogP contribution is -2.31. The van der Waals surface area contributed by atoms with E-state index in [1.807, 2.05) is 0 Å². The summed E-state index contributed by atoms with van der Waals surface area (Å²) >= 11 is 0. The molecule has 0 amide bonds. The predicted octanol–water partition coefficient (Wildman–Crippen LogP) is 0.796. The molecule has 7 heteroatoms. The van der Waals surface area contributed by atoms with E-state index in [1.54, 1.807) is 0 Å². The number of hydrogen-bond acceptors (Lipinski definition) is 4. The lowest BCUT2D eigenvalue weighted by molar-refractivity contribution is 0.217. The molecule has 15 heavy (non-hydrogen) atoms. The molecule has 0 aromatic heterocycles. The van der Waals surface area contributed by atoms with Crippen molar-refractivity contribution in [2.24, 2.45) is 0 Å². The molecule has 0 aliphatic carbocycles. The molecule has 0 aromatic rings. The third-order valence-corrected chi connectivity index (χ3v) is 2.81. The number of rotatable bonds is 1. The Hall–Kier alpha value is -0.550. The molecule has 6 nitrogen and oxygen atoms in total. The first-order chi connectivity index (χ1) is 6.69. The van der Waals surface area contributed by atoms with E-state index in [1.165, 1.54) is 5.70 Å². The first kappa shape index (κ1) is 14.5. The van der Waals surface area contributed by atoms with Gasteiger partial charge in [-0.2, -0.15) is 0 Å². The van der Waals surface area contributed by atoms with Crippen LogP contribution in [0.4, 0.5) is 0 Å². The first-order valence-electron chi connectivity index (χ1n) is 4.43. The maximum Gasteiger partial charge on any atom is 0.469 e. The van der Waals surface area contributed by atoms with Gasteiger partial charge in [0.1, 0.15) is 0 Å². The lowest BCUT2D eigenvalue weighted by atomic mass is 10.5. The van der Waals surface area contributed by atoms with E-state index < -0.39 is 7.82 Å². The molecule has 1 aliphatic heterocycles. The molecule has 0 radical (unpaired) electrons. The van der Waals surface area contributed by atoms with Crippen LogP contribution in [0.15, 0.2) is 11.9 Å². The van der Waals surface area contributed by atoms with Gasteiger partial charge in [-0.15, -0.1) is 0 Å². The maximum atomic E-state index is 9.47. The minimum atomic E-state index is -4.15. The van der Waals surface area contributed by atoms with E-state index in [0.717, 1.165) is 7.11 Å². The van der Waals surface area contributed by atoms with Crippen LogP contribution in [0.3, 0.4) is 0 Å². The zero-order chi connectivity index (χ0) is 12.2. The van der Waals surface area contributed by atoms with Gasteiger partial charge >= 0.3 is 7.82 Å². The van der Waals surface area contributed by atoms with Crippen LogP contribution in [-0.2, 0) is 9.09 Å². The van der Waals surface area contributed by atoms with Gasteiger partial charge < -0.3 is 19.6 Å². The monoisotopic (exact) mass is 238 g/mol.